The first-order valence-corrected chi connectivity index (χ1v) is 17.3. The fourth-order valence-electron chi connectivity index (χ4n) is 4.83. The summed E-state index contributed by atoms with van der Waals surface area (Å²) in [6.07, 6.45) is 1.94. The highest BCUT2D eigenvalue weighted by atomic mass is 35.5. The Morgan fingerprint density at radius 1 is 0.804 bits per heavy atom. The molecule has 0 aromatic heterocycles. The van der Waals surface area contributed by atoms with Gasteiger partial charge in [-0.2, -0.15) is 0 Å². The van der Waals surface area contributed by atoms with Gasteiger partial charge in [0.05, 0.1) is 10.6 Å². The van der Waals surface area contributed by atoms with E-state index in [9.17, 15) is 18.0 Å². The van der Waals surface area contributed by atoms with Gasteiger partial charge in [-0.05, 0) is 73.5 Å². The summed E-state index contributed by atoms with van der Waals surface area (Å²) in [6, 6.07) is 27.6. The lowest BCUT2D eigenvalue weighted by molar-refractivity contribution is -0.140. The Morgan fingerprint density at radius 2 is 1.39 bits per heavy atom. The first-order valence-electron chi connectivity index (χ1n) is 15.1. The van der Waals surface area contributed by atoms with Gasteiger partial charge in [-0.15, -0.1) is 0 Å². The number of carbonyl (C=O) groups excluding carboxylic acids is 2. The van der Waals surface area contributed by atoms with Crippen LogP contribution in [-0.4, -0.2) is 44.3 Å². The highest BCUT2D eigenvalue weighted by Crippen LogP contribution is 2.30. The predicted octanol–water partition coefficient (Wildman–Crippen LogP) is 7.70. The first-order chi connectivity index (χ1) is 22.1. The van der Waals surface area contributed by atoms with Crippen molar-refractivity contribution in [3.63, 3.8) is 0 Å². The van der Waals surface area contributed by atoms with E-state index in [0.29, 0.717) is 33.7 Å². The van der Waals surface area contributed by atoms with Gasteiger partial charge in [-0.25, -0.2) is 8.42 Å². The number of anilines is 1. The van der Waals surface area contributed by atoms with Crippen LogP contribution in [0, 0.1) is 0 Å². The second-order valence-corrected chi connectivity index (χ2v) is 13.2. The second kappa shape index (κ2) is 16.5. The minimum atomic E-state index is -4.22. The number of carbonyl (C=O) groups is 2. The third-order valence-corrected chi connectivity index (χ3v) is 9.82. The molecule has 46 heavy (non-hydrogen) atoms. The zero-order chi connectivity index (χ0) is 33.1. The van der Waals surface area contributed by atoms with Crippen molar-refractivity contribution in [2.45, 2.75) is 50.6 Å². The summed E-state index contributed by atoms with van der Waals surface area (Å²) < 4.78 is 35.1. The molecule has 0 aliphatic carbocycles. The molecular weight excluding hydrogens is 645 g/mol. The molecule has 1 N–H and O–H groups in total. The summed E-state index contributed by atoms with van der Waals surface area (Å²) in [4.78, 5) is 29.1. The highest BCUT2D eigenvalue weighted by Gasteiger charge is 2.34. The van der Waals surface area contributed by atoms with Gasteiger partial charge < -0.3 is 15.0 Å². The van der Waals surface area contributed by atoms with E-state index in [4.69, 9.17) is 27.9 Å². The number of amides is 2. The third-order valence-electron chi connectivity index (χ3n) is 7.32. The van der Waals surface area contributed by atoms with Crippen molar-refractivity contribution < 1.29 is 22.7 Å². The molecule has 11 heteroatoms. The second-order valence-electron chi connectivity index (χ2n) is 10.5. The number of unbranched alkanes of at least 4 members (excludes halogenated alkanes) is 1. The lowest BCUT2D eigenvalue weighted by Gasteiger charge is -2.33. The van der Waals surface area contributed by atoms with E-state index in [1.165, 1.54) is 17.0 Å². The number of sulfonamides is 1. The molecule has 242 valence electrons. The van der Waals surface area contributed by atoms with Gasteiger partial charge >= 0.3 is 0 Å². The van der Waals surface area contributed by atoms with Crippen LogP contribution in [-0.2, 0) is 26.2 Å². The van der Waals surface area contributed by atoms with Crippen LogP contribution in [0.15, 0.2) is 108 Å². The first kappa shape index (κ1) is 34.8. The average Bonchev–Trinajstić information content (AvgIpc) is 3.06. The minimum Gasteiger partial charge on any atom is -0.457 e. The van der Waals surface area contributed by atoms with E-state index in [1.54, 1.807) is 79.7 Å². The fourth-order valence-corrected chi connectivity index (χ4v) is 6.79. The highest BCUT2D eigenvalue weighted by molar-refractivity contribution is 7.92. The molecule has 2 amide bonds. The summed E-state index contributed by atoms with van der Waals surface area (Å²) in [5.41, 5.74) is 0.702. The van der Waals surface area contributed by atoms with Crippen LogP contribution in [0.3, 0.4) is 0 Å². The summed E-state index contributed by atoms with van der Waals surface area (Å²) in [5.74, 6) is 0.170. The van der Waals surface area contributed by atoms with Gasteiger partial charge in [0.15, 0.2) is 0 Å². The summed E-state index contributed by atoms with van der Waals surface area (Å²) >= 11 is 13.0. The molecule has 0 saturated heterocycles. The van der Waals surface area contributed by atoms with Gasteiger partial charge in [0.2, 0.25) is 11.8 Å². The number of hydrogen-bond acceptors (Lipinski definition) is 5. The maximum atomic E-state index is 14.3. The number of nitrogens with one attached hydrogen (secondary N) is 1. The Kier molecular flexibility index (Phi) is 12.5. The van der Waals surface area contributed by atoms with Gasteiger partial charge in [-0.1, -0.05) is 85.9 Å². The molecule has 4 rings (SSSR count). The number of para-hydroxylation sites is 1. The molecule has 0 saturated carbocycles. The lowest BCUT2D eigenvalue weighted by Crippen LogP contribution is -2.52. The van der Waals surface area contributed by atoms with Gasteiger partial charge in [0.1, 0.15) is 24.1 Å². The van der Waals surface area contributed by atoms with E-state index >= 15 is 0 Å². The van der Waals surface area contributed by atoms with E-state index < -0.39 is 28.5 Å². The molecule has 0 spiro atoms. The Hall–Kier alpha value is -4.05. The van der Waals surface area contributed by atoms with Gasteiger partial charge in [0.25, 0.3) is 10.0 Å². The van der Waals surface area contributed by atoms with E-state index in [1.807, 2.05) is 25.1 Å². The molecule has 0 fully saturated rings. The maximum Gasteiger partial charge on any atom is 0.264 e. The molecule has 0 aliphatic heterocycles. The summed E-state index contributed by atoms with van der Waals surface area (Å²) in [6.45, 7) is 3.58. The zero-order valence-corrected chi connectivity index (χ0v) is 28.1. The van der Waals surface area contributed by atoms with Crippen molar-refractivity contribution in [2.75, 3.05) is 17.4 Å². The molecule has 0 unspecified atom stereocenters. The van der Waals surface area contributed by atoms with Crippen molar-refractivity contribution >= 4 is 50.7 Å². The smallest absolute Gasteiger partial charge is 0.264 e. The molecule has 1 atom stereocenters. The number of nitrogens with zero attached hydrogens (tertiary/aromatic N) is 2. The van der Waals surface area contributed by atoms with Crippen molar-refractivity contribution in [1.82, 2.24) is 10.2 Å². The fraction of sp³-hybridized carbons (Fsp3) is 0.257. The number of hydrogen-bond donors (Lipinski definition) is 1. The van der Waals surface area contributed by atoms with Crippen LogP contribution < -0.4 is 14.4 Å². The van der Waals surface area contributed by atoms with Crippen LogP contribution in [0.2, 0.25) is 10.0 Å². The monoisotopic (exact) mass is 681 g/mol. The SMILES string of the molecule is CCCCNC(=O)[C@H](CC)N(Cc1c(Cl)cccc1Cl)C(=O)CN(c1ccc(Oc2ccccc2)cc1)S(=O)(=O)c1ccccc1. The maximum absolute atomic E-state index is 14.3. The minimum absolute atomic E-state index is 0.0115. The Bertz CT molecular complexity index is 1690. The molecule has 8 nitrogen and oxygen atoms in total. The Balaban J connectivity index is 1.72. The van der Waals surface area contributed by atoms with Crippen LogP contribution in [0.25, 0.3) is 0 Å². The van der Waals surface area contributed by atoms with Crippen LogP contribution in [0.1, 0.15) is 38.7 Å². The molecule has 0 aliphatic rings. The number of ether oxygens (including phenoxy) is 1. The Morgan fingerprint density at radius 3 is 1.98 bits per heavy atom. The third kappa shape index (κ3) is 8.81. The van der Waals surface area contributed by atoms with Crippen molar-refractivity contribution in [2.24, 2.45) is 0 Å². The average molecular weight is 683 g/mol. The zero-order valence-electron chi connectivity index (χ0n) is 25.7. The molecule has 0 bridgehead atoms. The van der Waals surface area contributed by atoms with E-state index in [-0.39, 0.29) is 29.5 Å². The van der Waals surface area contributed by atoms with Gasteiger partial charge in [0, 0.05) is 28.7 Å². The van der Waals surface area contributed by atoms with Gasteiger partial charge in [-0.3, -0.25) is 13.9 Å². The molecular formula is C35H37Cl2N3O5S. The van der Waals surface area contributed by atoms with Crippen LogP contribution >= 0.6 is 23.2 Å². The van der Waals surface area contributed by atoms with Crippen molar-refractivity contribution in [3.8, 4) is 11.5 Å². The van der Waals surface area contributed by atoms with Crippen molar-refractivity contribution in [3.05, 3.63) is 119 Å². The molecule has 0 heterocycles. The number of halogens is 2. The normalized spacial score (nSPS) is 11.8. The quantitative estimate of drug-likeness (QED) is 0.130. The van der Waals surface area contributed by atoms with Crippen LogP contribution in [0.4, 0.5) is 5.69 Å². The van der Waals surface area contributed by atoms with E-state index in [2.05, 4.69) is 5.32 Å². The standard InChI is InChI=1S/C35H37Cl2N3O5S/c1-3-5-23-38-35(42)33(4-2)39(24-30-31(36)17-12-18-32(30)37)34(41)25-40(46(43,44)29-15-10-7-11-16-29)26-19-21-28(22-20-26)45-27-13-8-6-9-14-27/h6-22,33H,3-5,23-25H2,1-2H3,(H,38,42)/t33-/m0/s1. The number of benzene rings is 4. The largest absolute Gasteiger partial charge is 0.457 e. The lowest BCUT2D eigenvalue weighted by atomic mass is 10.1. The Labute approximate surface area is 280 Å². The predicted molar refractivity (Wildman–Crippen MR) is 183 cm³/mol. The molecule has 4 aromatic carbocycles. The topological polar surface area (TPSA) is 96.0 Å². The molecule has 0 radical (unpaired) electrons. The summed E-state index contributed by atoms with van der Waals surface area (Å²) in [7, 11) is -4.22. The molecule has 4 aromatic rings. The summed E-state index contributed by atoms with van der Waals surface area (Å²) in [5, 5.41) is 3.56. The van der Waals surface area contributed by atoms with Crippen molar-refractivity contribution in [1.29, 1.82) is 0 Å². The van der Waals surface area contributed by atoms with E-state index in [0.717, 1.165) is 17.1 Å². The number of rotatable bonds is 15. The van der Waals surface area contributed by atoms with Crippen LogP contribution in [0.5, 0.6) is 11.5 Å².